The minimum atomic E-state index is -0.183. The summed E-state index contributed by atoms with van der Waals surface area (Å²) in [4.78, 5) is 12.4. The van der Waals surface area contributed by atoms with Gasteiger partial charge < -0.3 is 5.73 Å². The largest absolute Gasteiger partial charge is 0.329 e. The van der Waals surface area contributed by atoms with Crippen molar-refractivity contribution in [3.63, 3.8) is 0 Å². The highest BCUT2D eigenvalue weighted by atomic mass is 16.1. The monoisotopic (exact) mass is 239 g/mol. The molecular weight excluding hydrogens is 210 g/mol. The Labute approximate surface area is 106 Å². The SMILES string of the molecule is CC1CCC(CN)(C(=O)CCC(C)(C)C)CC1. The van der Waals surface area contributed by atoms with Crippen LogP contribution in [0.1, 0.15) is 66.2 Å². The van der Waals surface area contributed by atoms with E-state index in [1.165, 1.54) is 12.8 Å². The van der Waals surface area contributed by atoms with Crippen molar-refractivity contribution in [1.29, 1.82) is 0 Å². The number of hydrogen-bond donors (Lipinski definition) is 1. The Morgan fingerprint density at radius 1 is 1.29 bits per heavy atom. The summed E-state index contributed by atoms with van der Waals surface area (Å²) in [5, 5.41) is 0. The molecule has 0 aliphatic heterocycles. The number of rotatable bonds is 4. The highest BCUT2D eigenvalue weighted by Gasteiger charge is 2.39. The predicted octanol–water partition coefficient (Wildman–Crippen LogP) is 3.54. The molecule has 1 fully saturated rings. The molecular formula is C15H29NO. The fraction of sp³-hybridized carbons (Fsp3) is 0.933. The Bertz CT molecular complexity index is 257. The molecule has 0 bridgehead atoms. The molecule has 0 aromatic heterocycles. The van der Waals surface area contributed by atoms with Crippen molar-refractivity contribution >= 4 is 5.78 Å². The first-order valence-corrected chi connectivity index (χ1v) is 7.02. The van der Waals surface area contributed by atoms with Crippen molar-refractivity contribution in [2.24, 2.45) is 22.5 Å². The van der Waals surface area contributed by atoms with Crippen molar-refractivity contribution in [2.75, 3.05) is 6.54 Å². The van der Waals surface area contributed by atoms with Crippen LogP contribution in [-0.4, -0.2) is 12.3 Å². The first-order chi connectivity index (χ1) is 7.79. The lowest BCUT2D eigenvalue weighted by Gasteiger charge is -2.37. The number of carbonyl (C=O) groups excluding carboxylic acids is 1. The summed E-state index contributed by atoms with van der Waals surface area (Å²) < 4.78 is 0. The van der Waals surface area contributed by atoms with E-state index >= 15 is 0 Å². The first-order valence-electron chi connectivity index (χ1n) is 7.02. The molecule has 0 aromatic rings. The summed E-state index contributed by atoms with van der Waals surface area (Å²) >= 11 is 0. The third kappa shape index (κ3) is 4.09. The average Bonchev–Trinajstić information content (AvgIpc) is 2.26. The Kier molecular flexibility index (Phi) is 4.77. The number of Topliss-reactive ketones (excluding diaryl/α,β-unsaturated/α-hetero) is 1. The van der Waals surface area contributed by atoms with Crippen molar-refractivity contribution < 1.29 is 4.79 Å². The predicted molar refractivity (Wildman–Crippen MR) is 72.8 cm³/mol. The lowest BCUT2D eigenvalue weighted by molar-refractivity contribution is -0.131. The summed E-state index contributed by atoms with van der Waals surface area (Å²) in [5.41, 5.74) is 5.96. The van der Waals surface area contributed by atoms with Gasteiger partial charge in [-0.1, -0.05) is 27.7 Å². The fourth-order valence-electron chi connectivity index (χ4n) is 2.67. The lowest BCUT2D eigenvalue weighted by atomic mass is 9.67. The smallest absolute Gasteiger partial charge is 0.140 e. The van der Waals surface area contributed by atoms with Gasteiger partial charge in [0.05, 0.1) is 0 Å². The van der Waals surface area contributed by atoms with Crippen LogP contribution in [0, 0.1) is 16.7 Å². The van der Waals surface area contributed by atoms with Crippen LogP contribution < -0.4 is 5.73 Å². The van der Waals surface area contributed by atoms with Crippen LogP contribution in [0.4, 0.5) is 0 Å². The normalized spacial score (nSPS) is 30.3. The van der Waals surface area contributed by atoms with E-state index in [-0.39, 0.29) is 10.8 Å². The molecule has 0 atom stereocenters. The molecule has 2 N–H and O–H groups in total. The van der Waals surface area contributed by atoms with Crippen molar-refractivity contribution in [3.05, 3.63) is 0 Å². The number of carbonyl (C=O) groups is 1. The van der Waals surface area contributed by atoms with Crippen LogP contribution in [-0.2, 0) is 4.79 Å². The number of nitrogens with two attached hydrogens (primary N) is 1. The van der Waals surface area contributed by atoms with Gasteiger partial charge in [-0.15, -0.1) is 0 Å². The molecule has 2 heteroatoms. The highest BCUT2D eigenvalue weighted by Crippen LogP contribution is 2.40. The van der Waals surface area contributed by atoms with Gasteiger partial charge in [0.1, 0.15) is 5.78 Å². The van der Waals surface area contributed by atoms with E-state index in [9.17, 15) is 4.79 Å². The first kappa shape index (κ1) is 14.7. The van der Waals surface area contributed by atoms with Gasteiger partial charge in [-0.25, -0.2) is 0 Å². The molecule has 100 valence electrons. The fourth-order valence-corrected chi connectivity index (χ4v) is 2.67. The second-order valence-corrected chi connectivity index (χ2v) is 7.15. The molecule has 17 heavy (non-hydrogen) atoms. The molecule has 2 nitrogen and oxygen atoms in total. The standard InChI is InChI=1S/C15H29NO/c1-12-5-9-15(11-16,10-6-12)13(17)7-8-14(2,3)4/h12H,5-11,16H2,1-4H3. The maximum Gasteiger partial charge on any atom is 0.140 e. The van der Waals surface area contributed by atoms with Gasteiger partial charge in [-0.05, 0) is 43.4 Å². The molecule has 0 amide bonds. The van der Waals surface area contributed by atoms with Gasteiger partial charge in [-0.3, -0.25) is 4.79 Å². The van der Waals surface area contributed by atoms with Crippen LogP contribution in [0.15, 0.2) is 0 Å². The minimum absolute atomic E-state index is 0.183. The van der Waals surface area contributed by atoms with Gasteiger partial charge in [0.25, 0.3) is 0 Å². The molecule has 0 spiro atoms. The number of ketones is 1. The average molecular weight is 239 g/mol. The van der Waals surface area contributed by atoms with Gasteiger partial charge in [0.15, 0.2) is 0 Å². The molecule has 0 unspecified atom stereocenters. The molecule has 0 heterocycles. The van der Waals surface area contributed by atoms with Crippen LogP contribution in [0.5, 0.6) is 0 Å². The molecule has 1 aliphatic carbocycles. The van der Waals surface area contributed by atoms with Crippen LogP contribution in [0.2, 0.25) is 0 Å². The maximum atomic E-state index is 12.4. The second kappa shape index (κ2) is 5.51. The van der Waals surface area contributed by atoms with Crippen LogP contribution in [0.25, 0.3) is 0 Å². The van der Waals surface area contributed by atoms with Crippen molar-refractivity contribution in [3.8, 4) is 0 Å². The summed E-state index contributed by atoms with van der Waals surface area (Å²) in [5.74, 6) is 1.19. The molecule has 0 radical (unpaired) electrons. The Morgan fingerprint density at radius 2 is 1.82 bits per heavy atom. The summed E-state index contributed by atoms with van der Waals surface area (Å²) in [7, 11) is 0. The minimum Gasteiger partial charge on any atom is -0.329 e. The molecule has 0 aromatic carbocycles. The molecule has 1 saturated carbocycles. The highest BCUT2D eigenvalue weighted by molar-refractivity contribution is 5.85. The third-order valence-corrected chi connectivity index (χ3v) is 4.32. The van der Waals surface area contributed by atoms with E-state index in [2.05, 4.69) is 27.7 Å². The maximum absolute atomic E-state index is 12.4. The molecule has 1 aliphatic rings. The summed E-state index contributed by atoms with van der Waals surface area (Å²) in [6.07, 6.45) is 6.02. The zero-order chi connectivity index (χ0) is 13.1. The summed E-state index contributed by atoms with van der Waals surface area (Å²) in [6, 6.07) is 0. The van der Waals surface area contributed by atoms with E-state index < -0.39 is 0 Å². The van der Waals surface area contributed by atoms with E-state index in [1.54, 1.807) is 0 Å². The number of hydrogen-bond acceptors (Lipinski definition) is 2. The van der Waals surface area contributed by atoms with E-state index in [0.29, 0.717) is 18.7 Å². The van der Waals surface area contributed by atoms with Gasteiger partial charge in [-0.2, -0.15) is 0 Å². The van der Waals surface area contributed by atoms with Crippen molar-refractivity contribution in [1.82, 2.24) is 0 Å². The van der Waals surface area contributed by atoms with E-state index in [1.807, 2.05) is 0 Å². The third-order valence-electron chi connectivity index (χ3n) is 4.32. The van der Waals surface area contributed by atoms with Crippen LogP contribution in [0.3, 0.4) is 0 Å². The quantitative estimate of drug-likeness (QED) is 0.815. The van der Waals surface area contributed by atoms with Crippen LogP contribution >= 0.6 is 0 Å². The van der Waals surface area contributed by atoms with E-state index in [0.717, 1.165) is 25.2 Å². The van der Waals surface area contributed by atoms with E-state index in [4.69, 9.17) is 5.73 Å². The Hall–Kier alpha value is -0.370. The summed E-state index contributed by atoms with van der Waals surface area (Å²) in [6.45, 7) is 9.40. The zero-order valence-electron chi connectivity index (χ0n) is 12.0. The second-order valence-electron chi connectivity index (χ2n) is 7.15. The molecule has 0 saturated heterocycles. The Morgan fingerprint density at radius 3 is 2.24 bits per heavy atom. The van der Waals surface area contributed by atoms with Crippen molar-refractivity contribution in [2.45, 2.75) is 66.2 Å². The zero-order valence-corrected chi connectivity index (χ0v) is 12.0. The van der Waals surface area contributed by atoms with Gasteiger partial charge in [0, 0.05) is 18.4 Å². The van der Waals surface area contributed by atoms with Gasteiger partial charge in [0.2, 0.25) is 0 Å². The van der Waals surface area contributed by atoms with Gasteiger partial charge >= 0.3 is 0 Å². The Balaban J connectivity index is 2.58. The topological polar surface area (TPSA) is 43.1 Å². The lowest BCUT2D eigenvalue weighted by Crippen LogP contribution is -2.41. The molecule has 1 rings (SSSR count).